The first-order valence-electron chi connectivity index (χ1n) is 7.35. The van der Waals surface area contributed by atoms with Gasteiger partial charge < -0.3 is 10.4 Å². The summed E-state index contributed by atoms with van der Waals surface area (Å²) in [4.78, 5) is 1.93. The van der Waals surface area contributed by atoms with E-state index in [-0.39, 0.29) is 24.6 Å². The van der Waals surface area contributed by atoms with Gasteiger partial charge in [-0.05, 0) is 36.6 Å². The fraction of sp³-hybridized carbons (Fsp3) is 0.600. The lowest BCUT2D eigenvalue weighted by molar-refractivity contribution is -0.138. The van der Waals surface area contributed by atoms with Gasteiger partial charge in [0.1, 0.15) is 5.82 Å². The third-order valence-corrected chi connectivity index (χ3v) is 3.91. The molecule has 1 fully saturated rings. The minimum absolute atomic E-state index is 0. The molecular weight excluding hydrogens is 336 g/mol. The molecule has 0 radical (unpaired) electrons. The standard InChI is InChI=1S/C15H20F4N2O.ClH/c16-11-3-4-13(15(17,18)19)12(10-11)14(2-1-9-22)21-7-5-20-6-8-21;/h3-4,10,14,20,22H,1-2,5-9H2;1H/t14-;/m1./s1. The van der Waals surface area contributed by atoms with E-state index in [9.17, 15) is 17.6 Å². The fourth-order valence-corrected chi connectivity index (χ4v) is 2.88. The molecule has 3 nitrogen and oxygen atoms in total. The molecule has 1 aromatic rings. The summed E-state index contributed by atoms with van der Waals surface area (Å²) in [7, 11) is 0. The SMILES string of the molecule is Cl.OCCC[C@H](c1cc(F)ccc1C(F)(F)F)N1CCNCC1. The van der Waals surface area contributed by atoms with Crippen molar-refractivity contribution in [3.8, 4) is 0 Å². The summed E-state index contributed by atoms with van der Waals surface area (Å²) < 4.78 is 53.2. The van der Waals surface area contributed by atoms with E-state index in [4.69, 9.17) is 5.11 Å². The van der Waals surface area contributed by atoms with Crippen LogP contribution >= 0.6 is 12.4 Å². The number of aliphatic hydroxyl groups is 1. The first kappa shape index (κ1) is 20.2. The van der Waals surface area contributed by atoms with Gasteiger partial charge in [-0.3, -0.25) is 4.90 Å². The van der Waals surface area contributed by atoms with Gasteiger partial charge in [-0.25, -0.2) is 4.39 Å². The Hall–Kier alpha value is -0.890. The van der Waals surface area contributed by atoms with Gasteiger partial charge in [-0.2, -0.15) is 13.2 Å². The van der Waals surface area contributed by atoms with E-state index >= 15 is 0 Å². The molecule has 0 saturated carbocycles. The minimum atomic E-state index is -4.52. The molecule has 0 aliphatic carbocycles. The molecule has 8 heteroatoms. The molecule has 1 heterocycles. The van der Waals surface area contributed by atoms with Gasteiger partial charge in [0.15, 0.2) is 0 Å². The zero-order valence-electron chi connectivity index (χ0n) is 12.6. The van der Waals surface area contributed by atoms with Crippen molar-refractivity contribution in [1.82, 2.24) is 10.2 Å². The average Bonchev–Trinajstić information content (AvgIpc) is 2.47. The second-order valence-electron chi connectivity index (χ2n) is 5.40. The largest absolute Gasteiger partial charge is 0.416 e. The second kappa shape index (κ2) is 8.82. The monoisotopic (exact) mass is 356 g/mol. The van der Waals surface area contributed by atoms with Gasteiger partial charge in [0.05, 0.1) is 5.56 Å². The van der Waals surface area contributed by atoms with Crippen molar-refractivity contribution in [3.05, 3.63) is 35.1 Å². The summed E-state index contributed by atoms with van der Waals surface area (Å²) in [6, 6.07) is 2.08. The van der Waals surface area contributed by atoms with E-state index in [0.29, 0.717) is 39.0 Å². The Morgan fingerprint density at radius 3 is 2.43 bits per heavy atom. The predicted octanol–water partition coefficient (Wildman–Crippen LogP) is 2.99. The van der Waals surface area contributed by atoms with Crippen LogP contribution in [-0.4, -0.2) is 42.8 Å². The highest BCUT2D eigenvalue weighted by Gasteiger charge is 2.36. The summed E-state index contributed by atoms with van der Waals surface area (Å²) in [5.74, 6) is -0.674. The van der Waals surface area contributed by atoms with E-state index in [2.05, 4.69) is 5.32 Å². The Kier molecular flexibility index (Phi) is 7.73. The van der Waals surface area contributed by atoms with Gasteiger partial charge in [0.2, 0.25) is 0 Å². The van der Waals surface area contributed by atoms with Crippen LogP contribution in [-0.2, 0) is 6.18 Å². The molecular formula is C15H21ClF4N2O. The minimum Gasteiger partial charge on any atom is -0.396 e. The Morgan fingerprint density at radius 2 is 1.87 bits per heavy atom. The summed E-state index contributed by atoms with van der Waals surface area (Å²) in [5.41, 5.74) is -0.835. The number of hydrogen-bond donors (Lipinski definition) is 2. The molecule has 1 aromatic carbocycles. The number of benzene rings is 1. The molecule has 1 aliphatic rings. The number of nitrogens with one attached hydrogen (secondary N) is 1. The molecule has 0 bridgehead atoms. The molecule has 1 atom stereocenters. The summed E-state index contributed by atoms with van der Waals surface area (Å²) in [5, 5.41) is 12.2. The smallest absolute Gasteiger partial charge is 0.396 e. The lowest BCUT2D eigenvalue weighted by Crippen LogP contribution is -2.45. The van der Waals surface area contributed by atoms with E-state index in [0.717, 1.165) is 18.2 Å². The summed E-state index contributed by atoms with van der Waals surface area (Å²) >= 11 is 0. The average molecular weight is 357 g/mol. The van der Waals surface area contributed by atoms with Gasteiger partial charge in [-0.1, -0.05) is 0 Å². The van der Waals surface area contributed by atoms with Crippen LogP contribution in [0.2, 0.25) is 0 Å². The molecule has 0 unspecified atom stereocenters. The molecule has 23 heavy (non-hydrogen) atoms. The number of nitrogens with zero attached hydrogens (tertiary/aromatic N) is 1. The Labute approximate surface area is 139 Å². The molecule has 0 spiro atoms. The van der Waals surface area contributed by atoms with E-state index in [1.165, 1.54) is 0 Å². The van der Waals surface area contributed by atoms with Crippen LogP contribution in [0.4, 0.5) is 17.6 Å². The summed E-state index contributed by atoms with van der Waals surface area (Å²) in [6.07, 6.45) is -3.78. The molecule has 1 aliphatic heterocycles. The van der Waals surface area contributed by atoms with Crippen LogP contribution in [0.3, 0.4) is 0 Å². The van der Waals surface area contributed by atoms with Crippen LogP contribution < -0.4 is 5.32 Å². The molecule has 2 rings (SSSR count). The van der Waals surface area contributed by atoms with Crippen LogP contribution in [0.25, 0.3) is 0 Å². The van der Waals surface area contributed by atoms with Crippen molar-refractivity contribution < 1.29 is 22.7 Å². The zero-order valence-corrected chi connectivity index (χ0v) is 13.4. The van der Waals surface area contributed by atoms with Crippen molar-refractivity contribution in [2.24, 2.45) is 0 Å². The molecule has 132 valence electrons. The van der Waals surface area contributed by atoms with Crippen LogP contribution in [0, 0.1) is 5.82 Å². The second-order valence-corrected chi connectivity index (χ2v) is 5.40. The first-order chi connectivity index (χ1) is 10.4. The van der Waals surface area contributed by atoms with Crippen molar-refractivity contribution in [2.45, 2.75) is 25.1 Å². The Bertz CT molecular complexity index is 493. The lowest BCUT2D eigenvalue weighted by Gasteiger charge is -2.36. The molecule has 0 aromatic heterocycles. The van der Waals surface area contributed by atoms with E-state index < -0.39 is 23.6 Å². The number of rotatable bonds is 5. The predicted molar refractivity (Wildman–Crippen MR) is 82.2 cm³/mol. The topological polar surface area (TPSA) is 35.5 Å². The van der Waals surface area contributed by atoms with Crippen LogP contribution in [0.1, 0.15) is 30.0 Å². The van der Waals surface area contributed by atoms with Crippen molar-refractivity contribution in [2.75, 3.05) is 32.8 Å². The summed E-state index contributed by atoms with van der Waals surface area (Å²) in [6.45, 7) is 2.48. The lowest BCUT2D eigenvalue weighted by atomic mass is 9.94. The van der Waals surface area contributed by atoms with Crippen molar-refractivity contribution >= 4 is 12.4 Å². The Morgan fingerprint density at radius 1 is 1.22 bits per heavy atom. The van der Waals surface area contributed by atoms with E-state index in [1.807, 2.05) is 4.90 Å². The molecule has 2 N–H and O–H groups in total. The van der Waals surface area contributed by atoms with Crippen LogP contribution in [0.15, 0.2) is 18.2 Å². The van der Waals surface area contributed by atoms with Crippen molar-refractivity contribution in [1.29, 1.82) is 0 Å². The molecule has 1 saturated heterocycles. The highest BCUT2D eigenvalue weighted by atomic mass is 35.5. The van der Waals surface area contributed by atoms with E-state index in [1.54, 1.807) is 0 Å². The van der Waals surface area contributed by atoms with Gasteiger partial charge in [0.25, 0.3) is 0 Å². The van der Waals surface area contributed by atoms with Gasteiger partial charge >= 0.3 is 6.18 Å². The van der Waals surface area contributed by atoms with Crippen LogP contribution in [0.5, 0.6) is 0 Å². The number of hydrogen-bond acceptors (Lipinski definition) is 3. The highest BCUT2D eigenvalue weighted by molar-refractivity contribution is 5.85. The maximum atomic E-state index is 13.5. The maximum Gasteiger partial charge on any atom is 0.416 e. The maximum absolute atomic E-state index is 13.5. The normalized spacial score (nSPS) is 17.6. The first-order valence-corrected chi connectivity index (χ1v) is 7.35. The number of aliphatic hydroxyl groups excluding tert-OH is 1. The zero-order chi connectivity index (χ0) is 16.2. The fourth-order valence-electron chi connectivity index (χ4n) is 2.88. The van der Waals surface area contributed by atoms with Gasteiger partial charge in [0, 0.05) is 38.8 Å². The number of alkyl halides is 3. The Balaban J connectivity index is 0.00000264. The third kappa shape index (κ3) is 5.31. The quantitative estimate of drug-likeness (QED) is 0.796. The van der Waals surface area contributed by atoms with Gasteiger partial charge in [-0.15, -0.1) is 12.4 Å². The number of piperazine rings is 1. The number of halogens is 5. The molecule has 0 amide bonds. The third-order valence-electron chi connectivity index (χ3n) is 3.91. The highest BCUT2D eigenvalue weighted by Crippen LogP contribution is 2.38. The van der Waals surface area contributed by atoms with Crippen molar-refractivity contribution in [3.63, 3.8) is 0 Å².